The van der Waals surface area contributed by atoms with Crippen LogP contribution in [0.15, 0.2) is 24.4 Å². The zero-order chi connectivity index (χ0) is 14.5. The van der Waals surface area contributed by atoms with E-state index >= 15 is 0 Å². The first-order valence-electron chi connectivity index (χ1n) is 5.99. The molecule has 0 spiro atoms. The number of hydrogen-bond acceptors (Lipinski definition) is 5. The first-order chi connectivity index (χ1) is 9.63. The van der Waals surface area contributed by atoms with E-state index in [0.717, 1.165) is 0 Å². The number of ether oxygens (including phenoxy) is 2. The fourth-order valence-corrected chi connectivity index (χ4v) is 1.74. The Morgan fingerprint density at radius 2 is 2.15 bits per heavy atom. The molecule has 0 unspecified atom stereocenters. The van der Waals surface area contributed by atoms with E-state index in [9.17, 15) is 4.79 Å². The predicted octanol–water partition coefficient (Wildman–Crippen LogP) is 1.30. The van der Waals surface area contributed by atoms with Crippen LogP contribution in [0.4, 0.5) is 0 Å². The second-order valence-corrected chi connectivity index (χ2v) is 4.09. The van der Waals surface area contributed by atoms with Crippen LogP contribution >= 0.6 is 0 Å². The lowest BCUT2D eigenvalue weighted by Gasteiger charge is -2.09. The lowest BCUT2D eigenvalue weighted by Crippen LogP contribution is -1.99. The van der Waals surface area contributed by atoms with Crippen molar-refractivity contribution in [2.45, 2.75) is 12.8 Å². The zero-order valence-corrected chi connectivity index (χ0v) is 11.2. The minimum Gasteiger partial charge on any atom is -0.497 e. The average Bonchev–Trinajstić information content (AvgIpc) is 2.93. The minimum atomic E-state index is -0.860. The molecule has 0 saturated carbocycles. The number of aryl methyl sites for hydroxylation is 1. The van der Waals surface area contributed by atoms with Gasteiger partial charge in [-0.3, -0.25) is 4.79 Å². The van der Waals surface area contributed by atoms with Crippen molar-refractivity contribution in [2.75, 3.05) is 14.2 Å². The first kappa shape index (κ1) is 13.9. The largest absolute Gasteiger partial charge is 0.497 e. The van der Waals surface area contributed by atoms with E-state index in [-0.39, 0.29) is 6.42 Å². The number of carboxylic acid groups (broad SMARTS) is 1. The summed E-state index contributed by atoms with van der Waals surface area (Å²) < 4.78 is 12.0. The van der Waals surface area contributed by atoms with Gasteiger partial charge in [-0.25, -0.2) is 4.68 Å². The number of methoxy groups -OCH3 is 2. The molecule has 0 aliphatic carbocycles. The highest BCUT2D eigenvalue weighted by Crippen LogP contribution is 2.27. The normalized spacial score (nSPS) is 10.3. The van der Waals surface area contributed by atoms with Crippen molar-refractivity contribution >= 4 is 5.97 Å². The Hall–Kier alpha value is -2.57. The van der Waals surface area contributed by atoms with E-state index in [1.807, 2.05) is 0 Å². The highest BCUT2D eigenvalue weighted by Gasteiger charge is 2.10. The molecule has 106 valence electrons. The molecule has 0 amide bonds. The molecular weight excluding hydrogens is 262 g/mol. The van der Waals surface area contributed by atoms with Gasteiger partial charge in [0.25, 0.3) is 0 Å². The molecule has 0 fully saturated rings. The smallest absolute Gasteiger partial charge is 0.303 e. The number of rotatable bonds is 6. The molecule has 2 rings (SSSR count). The van der Waals surface area contributed by atoms with E-state index < -0.39 is 5.97 Å². The molecule has 0 radical (unpaired) electrons. The minimum absolute atomic E-state index is 0.0262. The molecule has 20 heavy (non-hydrogen) atoms. The van der Waals surface area contributed by atoms with Gasteiger partial charge < -0.3 is 14.6 Å². The topological polar surface area (TPSA) is 86.5 Å². The van der Waals surface area contributed by atoms with E-state index in [4.69, 9.17) is 14.6 Å². The van der Waals surface area contributed by atoms with Crippen molar-refractivity contribution in [3.05, 3.63) is 30.1 Å². The molecule has 0 atom stereocenters. The van der Waals surface area contributed by atoms with Gasteiger partial charge in [-0.1, -0.05) is 5.21 Å². The quantitative estimate of drug-likeness (QED) is 0.856. The standard InChI is InChI=1S/C13H15N3O4/c1-19-10-4-5-11(12(7-10)20-2)16-8-9(14-15-16)3-6-13(17)18/h4-5,7-8H,3,6H2,1-2H3,(H,17,18). The maximum atomic E-state index is 10.5. The Balaban J connectivity index is 2.25. The summed E-state index contributed by atoms with van der Waals surface area (Å²) in [5.74, 6) is 0.414. The van der Waals surface area contributed by atoms with Crippen LogP contribution in [0.2, 0.25) is 0 Å². The van der Waals surface area contributed by atoms with E-state index in [2.05, 4.69) is 10.3 Å². The van der Waals surface area contributed by atoms with Crippen LogP contribution < -0.4 is 9.47 Å². The van der Waals surface area contributed by atoms with Gasteiger partial charge >= 0.3 is 5.97 Å². The lowest BCUT2D eigenvalue weighted by atomic mass is 10.2. The predicted molar refractivity (Wildman–Crippen MR) is 70.4 cm³/mol. The summed E-state index contributed by atoms with van der Waals surface area (Å²) in [5, 5.41) is 16.6. The van der Waals surface area contributed by atoms with Crippen molar-refractivity contribution in [3.63, 3.8) is 0 Å². The van der Waals surface area contributed by atoms with Crippen molar-refractivity contribution in [1.29, 1.82) is 0 Å². The molecule has 0 saturated heterocycles. The summed E-state index contributed by atoms with van der Waals surface area (Å²) >= 11 is 0. The Bertz CT molecular complexity index is 609. The van der Waals surface area contributed by atoms with Crippen LogP contribution in [0.1, 0.15) is 12.1 Å². The molecule has 0 aliphatic rings. The summed E-state index contributed by atoms with van der Waals surface area (Å²) in [6.07, 6.45) is 2.06. The molecule has 0 aliphatic heterocycles. The summed E-state index contributed by atoms with van der Waals surface area (Å²) in [5.41, 5.74) is 1.33. The van der Waals surface area contributed by atoms with Crippen LogP contribution in [0.5, 0.6) is 11.5 Å². The maximum absolute atomic E-state index is 10.5. The molecule has 1 aromatic heterocycles. The third kappa shape index (κ3) is 3.05. The lowest BCUT2D eigenvalue weighted by molar-refractivity contribution is -0.136. The fraction of sp³-hybridized carbons (Fsp3) is 0.308. The highest BCUT2D eigenvalue weighted by atomic mass is 16.5. The van der Waals surface area contributed by atoms with Gasteiger partial charge in [0.05, 0.1) is 32.5 Å². The zero-order valence-electron chi connectivity index (χ0n) is 11.2. The van der Waals surface area contributed by atoms with Gasteiger partial charge in [-0.05, 0) is 12.1 Å². The molecule has 7 nitrogen and oxygen atoms in total. The number of carbonyl (C=O) groups is 1. The Labute approximate surface area is 115 Å². The summed E-state index contributed by atoms with van der Waals surface area (Å²) in [4.78, 5) is 10.5. The number of carboxylic acids is 1. The second-order valence-electron chi connectivity index (χ2n) is 4.09. The first-order valence-corrected chi connectivity index (χ1v) is 5.99. The highest BCUT2D eigenvalue weighted by molar-refractivity contribution is 5.66. The van der Waals surface area contributed by atoms with Crippen LogP contribution in [0, 0.1) is 0 Å². The van der Waals surface area contributed by atoms with Crippen molar-refractivity contribution in [3.8, 4) is 17.2 Å². The number of hydrogen-bond donors (Lipinski definition) is 1. The molecule has 0 bridgehead atoms. The van der Waals surface area contributed by atoms with Crippen molar-refractivity contribution in [2.24, 2.45) is 0 Å². The van der Waals surface area contributed by atoms with Gasteiger partial charge in [0.1, 0.15) is 17.2 Å². The third-order valence-corrected chi connectivity index (χ3v) is 2.77. The molecule has 7 heteroatoms. The Morgan fingerprint density at radius 3 is 2.80 bits per heavy atom. The summed E-state index contributed by atoms with van der Waals surface area (Å²) in [7, 11) is 3.13. The van der Waals surface area contributed by atoms with E-state index in [1.54, 1.807) is 43.3 Å². The van der Waals surface area contributed by atoms with Crippen LogP contribution in [-0.4, -0.2) is 40.3 Å². The Morgan fingerprint density at radius 1 is 1.35 bits per heavy atom. The van der Waals surface area contributed by atoms with E-state index in [1.165, 1.54) is 0 Å². The monoisotopic (exact) mass is 277 g/mol. The van der Waals surface area contributed by atoms with Crippen LogP contribution in [0.3, 0.4) is 0 Å². The number of nitrogens with zero attached hydrogens (tertiary/aromatic N) is 3. The average molecular weight is 277 g/mol. The van der Waals surface area contributed by atoms with Gasteiger partial charge in [0.15, 0.2) is 0 Å². The third-order valence-electron chi connectivity index (χ3n) is 2.77. The molecule has 2 aromatic rings. The number of aliphatic carboxylic acids is 1. The molecule has 1 aromatic carbocycles. The summed E-state index contributed by atoms with van der Waals surface area (Å²) in [6.45, 7) is 0. The van der Waals surface area contributed by atoms with Gasteiger partial charge in [-0.15, -0.1) is 5.10 Å². The summed E-state index contributed by atoms with van der Waals surface area (Å²) in [6, 6.07) is 5.33. The van der Waals surface area contributed by atoms with Crippen molar-refractivity contribution < 1.29 is 19.4 Å². The molecule has 1 N–H and O–H groups in total. The maximum Gasteiger partial charge on any atom is 0.303 e. The number of aromatic nitrogens is 3. The van der Waals surface area contributed by atoms with Crippen LogP contribution in [0.25, 0.3) is 5.69 Å². The van der Waals surface area contributed by atoms with Crippen LogP contribution in [-0.2, 0) is 11.2 Å². The van der Waals surface area contributed by atoms with Gasteiger partial charge in [0, 0.05) is 12.5 Å². The SMILES string of the molecule is COc1ccc(-n2cc(CCC(=O)O)nn2)c(OC)c1. The second kappa shape index (κ2) is 6.05. The fourth-order valence-electron chi connectivity index (χ4n) is 1.74. The number of benzene rings is 1. The van der Waals surface area contributed by atoms with E-state index in [0.29, 0.717) is 29.3 Å². The van der Waals surface area contributed by atoms with Gasteiger partial charge in [-0.2, -0.15) is 0 Å². The Kier molecular flexibility index (Phi) is 4.19. The van der Waals surface area contributed by atoms with Gasteiger partial charge in [0.2, 0.25) is 0 Å². The van der Waals surface area contributed by atoms with Crippen molar-refractivity contribution in [1.82, 2.24) is 15.0 Å². The molecule has 1 heterocycles. The molecular formula is C13H15N3O4.